The average molecular weight is 186 g/mol. The van der Waals surface area contributed by atoms with Gasteiger partial charge in [-0.05, 0) is 27.7 Å². The first-order chi connectivity index (χ1) is 5.78. The molecular weight excluding hydrogens is 168 g/mol. The topological polar surface area (TPSA) is 46.5 Å². The van der Waals surface area contributed by atoms with Crippen LogP contribution in [0.1, 0.15) is 27.7 Å². The SMILES string of the molecule is C=CC(O)C(C)C(=O)OC(C)(C)C. The van der Waals surface area contributed by atoms with E-state index < -0.39 is 23.6 Å². The quantitative estimate of drug-likeness (QED) is 0.537. The minimum atomic E-state index is -0.838. The zero-order valence-electron chi connectivity index (χ0n) is 8.70. The highest BCUT2D eigenvalue weighted by molar-refractivity contribution is 5.73. The Hall–Kier alpha value is -0.830. The summed E-state index contributed by atoms with van der Waals surface area (Å²) in [4.78, 5) is 11.3. The van der Waals surface area contributed by atoms with Crippen molar-refractivity contribution in [1.29, 1.82) is 0 Å². The van der Waals surface area contributed by atoms with Crippen molar-refractivity contribution in [3.8, 4) is 0 Å². The molecule has 0 aliphatic rings. The van der Waals surface area contributed by atoms with Gasteiger partial charge in [0, 0.05) is 0 Å². The minimum absolute atomic E-state index is 0.403. The average Bonchev–Trinajstić information content (AvgIpc) is 1.98. The molecule has 0 bridgehead atoms. The maximum Gasteiger partial charge on any atom is 0.312 e. The molecule has 0 aromatic heterocycles. The third-order valence-electron chi connectivity index (χ3n) is 1.53. The number of aliphatic hydroxyl groups is 1. The van der Waals surface area contributed by atoms with E-state index in [1.165, 1.54) is 6.08 Å². The number of hydrogen-bond donors (Lipinski definition) is 1. The lowest BCUT2D eigenvalue weighted by molar-refractivity contribution is -0.162. The smallest absolute Gasteiger partial charge is 0.312 e. The molecule has 13 heavy (non-hydrogen) atoms. The normalized spacial score (nSPS) is 16.1. The monoisotopic (exact) mass is 186 g/mol. The number of ether oxygens (including phenoxy) is 1. The Morgan fingerprint density at radius 3 is 2.31 bits per heavy atom. The molecule has 3 nitrogen and oxygen atoms in total. The Labute approximate surface area is 79.4 Å². The van der Waals surface area contributed by atoms with E-state index in [9.17, 15) is 9.90 Å². The molecule has 2 atom stereocenters. The Morgan fingerprint density at radius 2 is 2.00 bits per heavy atom. The molecule has 3 heteroatoms. The molecule has 1 N–H and O–H groups in total. The fraction of sp³-hybridized carbons (Fsp3) is 0.700. The lowest BCUT2D eigenvalue weighted by atomic mass is 10.1. The lowest BCUT2D eigenvalue weighted by Gasteiger charge is -2.23. The standard InChI is InChI=1S/C10H18O3/c1-6-8(11)7(2)9(12)13-10(3,4)5/h6-8,11H,1H2,2-5H3. The fourth-order valence-corrected chi connectivity index (χ4v) is 0.738. The van der Waals surface area contributed by atoms with E-state index in [-0.39, 0.29) is 0 Å². The number of esters is 1. The number of carbonyl (C=O) groups excluding carboxylic acids is 1. The van der Waals surface area contributed by atoms with E-state index in [1.54, 1.807) is 27.7 Å². The van der Waals surface area contributed by atoms with Gasteiger partial charge in [-0.1, -0.05) is 6.08 Å². The van der Waals surface area contributed by atoms with Crippen LogP contribution in [0.15, 0.2) is 12.7 Å². The first-order valence-electron chi connectivity index (χ1n) is 4.31. The second-order valence-electron chi connectivity index (χ2n) is 4.05. The molecule has 0 aliphatic heterocycles. The molecule has 0 aliphatic carbocycles. The van der Waals surface area contributed by atoms with Gasteiger partial charge in [-0.3, -0.25) is 4.79 Å². The van der Waals surface area contributed by atoms with Crippen molar-refractivity contribution >= 4 is 5.97 Å². The maximum absolute atomic E-state index is 11.3. The van der Waals surface area contributed by atoms with Gasteiger partial charge in [0.05, 0.1) is 12.0 Å². The minimum Gasteiger partial charge on any atom is -0.460 e. The van der Waals surface area contributed by atoms with Gasteiger partial charge in [-0.2, -0.15) is 0 Å². The number of aliphatic hydroxyl groups excluding tert-OH is 1. The van der Waals surface area contributed by atoms with Gasteiger partial charge in [0.2, 0.25) is 0 Å². The summed E-state index contributed by atoms with van der Waals surface area (Å²) < 4.78 is 5.08. The number of rotatable bonds is 3. The van der Waals surface area contributed by atoms with Gasteiger partial charge in [0.1, 0.15) is 5.60 Å². The van der Waals surface area contributed by atoms with Crippen molar-refractivity contribution in [3.63, 3.8) is 0 Å². The number of hydrogen-bond acceptors (Lipinski definition) is 3. The van der Waals surface area contributed by atoms with Gasteiger partial charge in [0.25, 0.3) is 0 Å². The second kappa shape index (κ2) is 4.42. The highest BCUT2D eigenvalue weighted by Crippen LogP contribution is 2.13. The molecule has 76 valence electrons. The molecule has 0 radical (unpaired) electrons. The molecule has 0 fully saturated rings. The Balaban J connectivity index is 4.19. The molecule has 2 unspecified atom stereocenters. The molecule has 0 spiro atoms. The summed E-state index contributed by atoms with van der Waals surface area (Å²) >= 11 is 0. The highest BCUT2D eigenvalue weighted by atomic mass is 16.6. The van der Waals surface area contributed by atoms with Crippen molar-refractivity contribution in [3.05, 3.63) is 12.7 Å². The van der Waals surface area contributed by atoms with Crippen LogP contribution in [0, 0.1) is 5.92 Å². The highest BCUT2D eigenvalue weighted by Gasteiger charge is 2.25. The summed E-state index contributed by atoms with van der Waals surface area (Å²) in [7, 11) is 0. The van der Waals surface area contributed by atoms with E-state index in [0.29, 0.717) is 0 Å². The van der Waals surface area contributed by atoms with Crippen LogP contribution in [-0.2, 0) is 9.53 Å². The first-order valence-corrected chi connectivity index (χ1v) is 4.31. The largest absolute Gasteiger partial charge is 0.460 e. The molecular formula is C10H18O3. The third-order valence-corrected chi connectivity index (χ3v) is 1.53. The van der Waals surface area contributed by atoms with Crippen LogP contribution in [0.5, 0.6) is 0 Å². The maximum atomic E-state index is 11.3. The van der Waals surface area contributed by atoms with Crippen LogP contribution >= 0.6 is 0 Å². The molecule has 0 saturated heterocycles. The van der Waals surface area contributed by atoms with Gasteiger partial charge in [-0.15, -0.1) is 6.58 Å². The summed E-state index contributed by atoms with van der Waals surface area (Å²) in [6.45, 7) is 10.4. The van der Waals surface area contributed by atoms with E-state index in [0.717, 1.165) is 0 Å². The summed E-state index contributed by atoms with van der Waals surface area (Å²) in [6, 6.07) is 0. The van der Waals surface area contributed by atoms with E-state index in [2.05, 4.69) is 6.58 Å². The van der Waals surface area contributed by atoms with Crippen LogP contribution < -0.4 is 0 Å². The van der Waals surface area contributed by atoms with Crippen LogP contribution in [0.4, 0.5) is 0 Å². The molecule has 0 aromatic carbocycles. The Morgan fingerprint density at radius 1 is 1.54 bits per heavy atom. The first kappa shape index (κ1) is 12.2. The predicted molar refractivity (Wildman–Crippen MR) is 51.2 cm³/mol. The van der Waals surface area contributed by atoms with Crippen molar-refractivity contribution in [2.24, 2.45) is 5.92 Å². The van der Waals surface area contributed by atoms with E-state index >= 15 is 0 Å². The second-order valence-corrected chi connectivity index (χ2v) is 4.05. The van der Waals surface area contributed by atoms with Crippen LogP contribution in [0.3, 0.4) is 0 Å². The third kappa shape index (κ3) is 4.68. The lowest BCUT2D eigenvalue weighted by Crippen LogP contribution is -2.32. The molecule has 0 amide bonds. The van der Waals surface area contributed by atoms with E-state index in [1.807, 2.05) is 0 Å². The van der Waals surface area contributed by atoms with Crippen molar-refractivity contribution in [1.82, 2.24) is 0 Å². The molecule has 0 aromatic rings. The molecule has 0 rings (SSSR count). The Bertz CT molecular complexity index is 191. The van der Waals surface area contributed by atoms with E-state index in [4.69, 9.17) is 4.74 Å². The molecule has 0 heterocycles. The van der Waals surface area contributed by atoms with Crippen LogP contribution in [0.25, 0.3) is 0 Å². The summed E-state index contributed by atoms with van der Waals surface area (Å²) in [5, 5.41) is 9.27. The zero-order chi connectivity index (χ0) is 10.6. The van der Waals surface area contributed by atoms with Gasteiger partial charge >= 0.3 is 5.97 Å². The van der Waals surface area contributed by atoms with Crippen molar-refractivity contribution < 1.29 is 14.6 Å². The van der Waals surface area contributed by atoms with Gasteiger partial charge in [-0.25, -0.2) is 0 Å². The summed E-state index contributed by atoms with van der Waals surface area (Å²) in [5.41, 5.74) is -0.508. The predicted octanol–water partition coefficient (Wildman–Crippen LogP) is 1.51. The zero-order valence-corrected chi connectivity index (χ0v) is 8.70. The van der Waals surface area contributed by atoms with Crippen molar-refractivity contribution in [2.75, 3.05) is 0 Å². The van der Waals surface area contributed by atoms with Crippen LogP contribution in [0.2, 0.25) is 0 Å². The summed E-state index contributed by atoms with van der Waals surface area (Å²) in [6.07, 6.45) is 0.490. The van der Waals surface area contributed by atoms with Crippen LogP contribution in [-0.4, -0.2) is 22.8 Å². The molecule has 0 saturated carbocycles. The summed E-state index contributed by atoms with van der Waals surface area (Å²) in [5.74, 6) is -0.961. The Kier molecular flexibility index (Phi) is 4.14. The van der Waals surface area contributed by atoms with Gasteiger partial charge < -0.3 is 9.84 Å². The fourth-order valence-electron chi connectivity index (χ4n) is 0.738. The van der Waals surface area contributed by atoms with Crippen molar-refractivity contribution in [2.45, 2.75) is 39.4 Å². The van der Waals surface area contributed by atoms with Gasteiger partial charge in [0.15, 0.2) is 0 Å². The number of carbonyl (C=O) groups is 1.